The zero-order valence-corrected chi connectivity index (χ0v) is 10.2. The number of rotatable bonds is 4. The molecule has 0 aliphatic heterocycles. The number of carboxylic acid groups (broad SMARTS) is 1. The van der Waals surface area contributed by atoms with E-state index in [9.17, 15) is 4.39 Å². The zero-order valence-electron chi connectivity index (χ0n) is 10.2. The molecule has 0 bridgehead atoms. The molecule has 0 fully saturated rings. The van der Waals surface area contributed by atoms with E-state index in [2.05, 4.69) is 5.32 Å². The molecule has 0 amide bonds. The molecule has 0 radical (unpaired) electrons. The first-order valence-electron chi connectivity index (χ1n) is 5.23. The molecule has 0 aliphatic rings. The summed E-state index contributed by atoms with van der Waals surface area (Å²) in [5.41, 5.74) is 0.873. The van der Waals surface area contributed by atoms with Crippen molar-refractivity contribution in [3.63, 3.8) is 0 Å². The highest BCUT2D eigenvalue weighted by Crippen LogP contribution is 2.27. The fourth-order valence-corrected chi connectivity index (χ4v) is 1.56. The van der Waals surface area contributed by atoms with Gasteiger partial charge in [-0.15, -0.1) is 0 Å². The van der Waals surface area contributed by atoms with Crippen LogP contribution in [-0.2, 0) is 4.79 Å². The highest BCUT2D eigenvalue weighted by atomic mass is 19.1. The summed E-state index contributed by atoms with van der Waals surface area (Å²) < 4.78 is 18.2. The normalized spacial score (nSPS) is 11.1. The maximum Gasteiger partial charge on any atom is 0.290 e. The number of methoxy groups -OCH3 is 1. The molecule has 1 atom stereocenters. The van der Waals surface area contributed by atoms with E-state index in [1.165, 1.54) is 12.1 Å². The standard InChI is InChI=1S/C11H16FNO.CH2O2/c1-4-10(13-2)9-7-8(12)5-6-11(9)14-3;2-1-3/h5-7,10,13H,4H2,1-3H3;1H,(H,2,3). The first-order chi connectivity index (χ1) is 8.14. The molecule has 17 heavy (non-hydrogen) atoms. The summed E-state index contributed by atoms with van der Waals surface area (Å²) >= 11 is 0. The van der Waals surface area contributed by atoms with Gasteiger partial charge in [-0.2, -0.15) is 0 Å². The maximum atomic E-state index is 13.0. The summed E-state index contributed by atoms with van der Waals surface area (Å²) in [6.45, 7) is 1.80. The molecule has 1 unspecified atom stereocenters. The van der Waals surface area contributed by atoms with E-state index < -0.39 is 0 Å². The van der Waals surface area contributed by atoms with Crippen LogP contribution >= 0.6 is 0 Å². The van der Waals surface area contributed by atoms with Gasteiger partial charge in [-0.3, -0.25) is 4.79 Å². The number of hydrogen-bond donors (Lipinski definition) is 2. The predicted molar refractivity (Wildman–Crippen MR) is 63.7 cm³/mol. The molecule has 0 aliphatic carbocycles. The zero-order chi connectivity index (χ0) is 13.3. The highest BCUT2D eigenvalue weighted by molar-refractivity contribution is 5.36. The second kappa shape index (κ2) is 8.52. The van der Waals surface area contributed by atoms with E-state index in [-0.39, 0.29) is 18.3 Å². The van der Waals surface area contributed by atoms with Crippen molar-refractivity contribution in [3.05, 3.63) is 29.6 Å². The Hall–Kier alpha value is -1.62. The Morgan fingerprint density at radius 2 is 2.18 bits per heavy atom. The lowest BCUT2D eigenvalue weighted by Crippen LogP contribution is -2.16. The van der Waals surface area contributed by atoms with E-state index in [0.29, 0.717) is 0 Å². The van der Waals surface area contributed by atoms with Crippen molar-refractivity contribution in [3.8, 4) is 5.75 Å². The van der Waals surface area contributed by atoms with E-state index in [4.69, 9.17) is 14.6 Å². The van der Waals surface area contributed by atoms with Gasteiger partial charge in [0.15, 0.2) is 0 Å². The molecule has 5 heteroatoms. The van der Waals surface area contributed by atoms with E-state index in [1.54, 1.807) is 13.2 Å². The van der Waals surface area contributed by atoms with E-state index in [0.717, 1.165) is 17.7 Å². The maximum absolute atomic E-state index is 13.0. The molecule has 0 spiro atoms. The van der Waals surface area contributed by atoms with Crippen LogP contribution in [0.15, 0.2) is 18.2 Å². The molecule has 4 nitrogen and oxygen atoms in total. The molecule has 0 saturated heterocycles. The van der Waals surface area contributed by atoms with Gasteiger partial charge in [-0.05, 0) is 31.7 Å². The summed E-state index contributed by atoms with van der Waals surface area (Å²) in [5.74, 6) is 0.502. The molecule has 0 aromatic heterocycles. The second-order valence-corrected chi connectivity index (χ2v) is 3.24. The Kier molecular flexibility index (Phi) is 7.71. The smallest absolute Gasteiger partial charge is 0.290 e. The van der Waals surface area contributed by atoms with Crippen LogP contribution in [-0.4, -0.2) is 25.7 Å². The Balaban J connectivity index is 0.000000770. The fraction of sp³-hybridized carbons (Fsp3) is 0.417. The van der Waals surface area contributed by atoms with Crippen LogP contribution in [0.5, 0.6) is 5.75 Å². The molecule has 2 N–H and O–H groups in total. The molecule has 1 aromatic rings. The summed E-state index contributed by atoms with van der Waals surface area (Å²) in [7, 11) is 3.46. The largest absolute Gasteiger partial charge is 0.496 e. The van der Waals surface area contributed by atoms with Crippen molar-refractivity contribution >= 4 is 6.47 Å². The van der Waals surface area contributed by atoms with Gasteiger partial charge in [0, 0.05) is 11.6 Å². The van der Waals surface area contributed by atoms with Gasteiger partial charge in [0.25, 0.3) is 6.47 Å². The Morgan fingerprint density at radius 1 is 1.59 bits per heavy atom. The third-order valence-corrected chi connectivity index (χ3v) is 2.32. The van der Waals surface area contributed by atoms with Crippen LogP contribution < -0.4 is 10.1 Å². The summed E-state index contributed by atoms with van der Waals surface area (Å²) in [6, 6.07) is 4.72. The van der Waals surface area contributed by atoms with Crippen molar-refractivity contribution in [1.82, 2.24) is 5.32 Å². The van der Waals surface area contributed by atoms with Gasteiger partial charge in [-0.1, -0.05) is 6.92 Å². The number of carbonyl (C=O) groups is 1. The van der Waals surface area contributed by atoms with Crippen LogP contribution in [0.2, 0.25) is 0 Å². The average molecular weight is 243 g/mol. The molecule has 1 rings (SSSR count). The number of nitrogens with one attached hydrogen (secondary N) is 1. The first kappa shape index (κ1) is 15.4. The molecule has 0 heterocycles. The number of hydrogen-bond acceptors (Lipinski definition) is 3. The van der Waals surface area contributed by atoms with Crippen molar-refractivity contribution in [1.29, 1.82) is 0 Å². The summed E-state index contributed by atoms with van der Waals surface area (Å²) in [6.07, 6.45) is 0.899. The minimum absolute atomic E-state index is 0.139. The Bertz CT molecular complexity index is 341. The number of halogens is 1. The molecule has 1 aromatic carbocycles. The first-order valence-corrected chi connectivity index (χ1v) is 5.23. The van der Waals surface area contributed by atoms with E-state index >= 15 is 0 Å². The molecular weight excluding hydrogens is 225 g/mol. The van der Waals surface area contributed by atoms with Crippen LogP contribution in [0.3, 0.4) is 0 Å². The summed E-state index contributed by atoms with van der Waals surface area (Å²) in [5, 5.41) is 10.0. The van der Waals surface area contributed by atoms with Crippen LogP contribution in [0.1, 0.15) is 24.9 Å². The van der Waals surface area contributed by atoms with E-state index in [1.807, 2.05) is 14.0 Å². The second-order valence-electron chi connectivity index (χ2n) is 3.24. The van der Waals surface area contributed by atoms with Gasteiger partial charge in [0.05, 0.1) is 7.11 Å². The average Bonchev–Trinajstić information content (AvgIpc) is 2.32. The van der Waals surface area contributed by atoms with Gasteiger partial charge in [0.2, 0.25) is 0 Å². The van der Waals surface area contributed by atoms with Crippen molar-refractivity contribution in [2.75, 3.05) is 14.2 Å². The predicted octanol–water partition coefficient (Wildman–Crippen LogP) is 2.21. The molecule has 0 saturated carbocycles. The molecular formula is C12H18FNO3. The number of ether oxygens (including phenoxy) is 1. The van der Waals surface area contributed by atoms with Crippen LogP contribution in [0.25, 0.3) is 0 Å². The van der Waals surface area contributed by atoms with Gasteiger partial charge in [0.1, 0.15) is 11.6 Å². The minimum Gasteiger partial charge on any atom is -0.496 e. The lowest BCUT2D eigenvalue weighted by Gasteiger charge is -2.17. The van der Waals surface area contributed by atoms with Crippen molar-refractivity contribution < 1.29 is 19.0 Å². The van der Waals surface area contributed by atoms with Crippen LogP contribution in [0, 0.1) is 5.82 Å². The fourth-order valence-electron chi connectivity index (χ4n) is 1.56. The van der Waals surface area contributed by atoms with Gasteiger partial charge < -0.3 is 15.2 Å². The SMILES string of the molecule is CCC(NC)c1cc(F)ccc1OC.O=CO. The Labute approximate surface area is 100 Å². The van der Waals surface area contributed by atoms with Crippen LogP contribution in [0.4, 0.5) is 4.39 Å². The van der Waals surface area contributed by atoms with Crippen molar-refractivity contribution in [2.24, 2.45) is 0 Å². The third-order valence-electron chi connectivity index (χ3n) is 2.32. The van der Waals surface area contributed by atoms with Gasteiger partial charge >= 0.3 is 0 Å². The monoisotopic (exact) mass is 243 g/mol. The highest BCUT2D eigenvalue weighted by Gasteiger charge is 2.12. The summed E-state index contributed by atoms with van der Waals surface area (Å²) in [4.78, 5) is 8.36. The Morgan fingerprint density at radius 3 is 2.59 bits per heavy atom. The third kappa shape index (κ3) is 4.82. The molecule has 96 valence electrons. The topological polar surface area (TPSA) is 58.6 Å². The lowest BCUT2D eigenvalue weighted by atomic mass is 10.0. The van der Waals surface area contributed by atoms with Gasteiger partial charge in [-0.25, -0.2) is 4.39 Å². The lowest BCUT2D eigenvalue weighted by molar-refractivity contribution is -0.122. The number of benzene rings is 1. The quantitative estimate of drug-likeness (QED) is 0.796. The van der Waals surface area contributed by atoms with Crippen molar-refractivity contribution in [2.45, 2.75) is 19.4 Å². The minimum atomic E-state index is -0.250.